The van der Waals surface area contributed by atoms with Crippen molar-refractivity contribution >= 4 is 22.8 Å². The molecular formula is C18H22N4. The summed E-state index contributed by atoms with van der Waals surface area (Å²) in [6.45, 7) is 4.03. The first-order chi connectivity index (χ1) is 10.5. The van der Waals surface area contributed by atoms with Gasteiger partial charge in [0.15, 0.2) is 0 Å². The van der Waals surface area contributed by atoms with E-state index in [1.807, 2.05) is 86.5 Å². The first-order valence-corrected chi connectivity index (χ1v) is 7.14. The zero-order valence-corrected chi connectivity index (χ0v) is 13.6. The van der Waals surface area contributed by atoms with E-state index in [4.69, 9.17) is 0 Å². The van der Waals surface area contributed by atoms with Crippen molar-refractivity contribution in [3.05, 3.63) is 60.7 Å². The van der Waals surface area contributed by atoms with E-state index < -0.39 is 0 Å². The Hall–Kier alpha value is -2.62. The highest BCUT2D eigenvalue weighted by atomic mass is 15.1. The van der Waals surface area contributed by atoms with Crippen LogP contribution in [0.1, 0.15) is 5.56 Å². The van der Waals surface area contributed by atoms with Crippen molar-refractivity contribution in [1.29, 1.82) is 0 Å². The lowest BCUT2D eigenvalue weighted by Crippen LogP contribution is -2.10. The van der Waals surface area contributed by atoms with Gasteiger partial charge in [0.1, 0.15) is 0 Å². The maximum atomic E-state index is 4.27. The highest BCUT2D eigenvalue weighted by Crippen LogP contribution is 2.27. The quantitative estimate of drug-likeness (QED) is 0.756. The van der Waals surface area contributed by atoms with Crippen molar-refractivity contribution in [2.45, 2.75) is 0 Å². The predicted octanol–water partition coefficient (Wildman–Crippen LogP) is 4.57. The van der Waals surface area contributed by atoms with E-state index in [9.17, 15) is 0 Å². The van der Waals surface area contributed by atoms with E-state index in [1.54, 1.807) is 0 Å². The Morgan fingerprint density at radius 3 is 2.09 bits per heavy atom. The van der Waals surface area contributed by atoms with E-state index in [0.717, 1.165) is 22.6 Å². The lowest BCUT2D eigenvalue weighted by molar-refractivity contribution is 1.12. The molecule has 2 aromatic carbocycles. The Morgan fingerprint density at radius 2 is 1.50 bits per heavy atom. The number of nitrogens with zero attached hydrogens (tertiary/aromatic N) is 4. The summed E-state index contributed by atoms with van der Waals surface area (Å²) in [5.74, 6) is 0. The third kappa shape index (κ3) is 3.73. The average Bonchev–Trinajstić information content (AvgIpc) is 2.53. The fourth-order valence-electron chi connectivity index (χ4n) is 2.10. The molecular weight excluding hydrogens is 272 g/mol. The van der Waals surface area contributed by atoms with Crippen LogP contribution in [0.3, 0.4) is 0 Å². The van der Waals surface area contributed by atoms with E-state index in [1.165, 1.54) is 0 Å². The summed E-state index contributed by atoms with van der Waals surface area (Å²) < 4.78 is 0. The minimum Gasteiger partial charge on any atom is -0.378 e. The van der Waals surface area contributed by atoms with Crippen LogP contribution in [0.4, 0.5) is 17.1 Å². The molecule has 0 unspecified atom stereocenters. The standard InChI is InChI=1S/C18H22N4/c1-14(17-8-6-7-9-18(17)22(4)5)19-20-15-10-12-16(13-11-15)21(2)3/h6-13H,1H2,2-5H3. The van der Waals surface area contributed by atoms with Gasteiger partial charge in [-0.05, 0) is 30.3 Å². The molecule has 0 aliphatic heterocycles. The summed E-state index contributed by atoms with van der Waals surface area (Å²) in [5, 5.41) is 8.54. The third-order valence-electron chi connectivity index (χ3n) is 3.35. The molecule has 0 aliphatic rings. The monoisotopic (exact) mass is 294 g/mol. The van der Waals surface area contributed by atoms with Crippen LogP contribution in [-0.4, -0.2) is 28.2 Å². The van der Waals surface area contributed by atoms with E-state index in [2.05, 4.69) is 16.8 Å². The van der Waals surface area contributed by atoms with Gasteiger partial charge < -0.3 is 9.80 Å². The van der Waals surface area contributed by atoms with Gasteiger partial charge >= 0.3 is 0 Å². The van der Waals surface area contributed by atoms with Crippen LogP contribution in [0.25, 0.3) is 5.70 Å². The van der Waals surface area contributed by atoms with Crippen molar-refractivity contribution in [3.8, 4) is 0 Å². The summed E-state index contributed by atoms with van der Waals surface area (Å²) in [5.41, 5.74) is 4.67. The first kappa shape index (κ1) is 15.8. The van der Waals surface area contributed by atoms with Crippen molar-refractivity contribution in [3.63, 3.8) is 0 Å². The molecule has 0 aliphatic carbocycles. The zero-order chi connectivity index (χ0) is 16.1. The number of hydrogen-bond donors (Lipinski definition) is 0. The summed E-state index contributed by atoms with van der Waals surface area (Å²) in [7, 11) is 8.03. The SMILES string of the molecule is C=C(N=Nc1ccc(N(C)C)cc1)c1ccccc1N(C)C. The molecule has 0 aromatic heterocycles. The maximum Gasteiger partial charge on any atom is 0.0878 e. The molecule has 0 bridgehead atoms. The molecule has 22 heavy (non-hydrogen) atoms. The molecule has 4 nitrogen and oxygen atoms in total. The summed E-state index contributed by atoms with van der Waals surface area (Å²) >= 11 is 0. The number of hydrogen-bond acceptors (Lipinski definition) is 4. The highest BCUT2D eigenvalue weighted by molar-refractivity contribution is 5.74. The minimum atomic E-state index is 0.654. The molecule has 0 radical (unpaired) electrons. The summed E-state index contributed by atoms with van der Waals surface area (Å²) in [4.78, 5) is 4.09. The van der Waals surface area contributed by atoms with Gasteiger partial charge in [-0.3, -0.25) is 0 Å². The molecule has 114 valence electrons. The molecule has 0 fully saturated rings. The van der Waals surface area contributed by atoms with Crippen LogP contribution < -0.4 is 9.80 Å². The molecule has 2 rings (SSSR count). The van der Waals surface area contributed by atoms with Crippen LogP contribution in [0.2, 0.25) is 0 Å². The van der Waals surface area contributed by atoms with E-state index >= 15 is 0 Å². The van der Waals surface area contributed by atoms with Crippen molar-refractivity contribution in [2.24, 2.45) is 10.2 Å². The Balaban J connectivity index is 2.18. The fourth-order valence-corrected chi connectivity index (χ4v) is 2.10. The van der Waals surface area contributed by atoms with Gasteiger partial charge in [0.2, 0.25) is 0 Å². The van der Waals surface area contributed by atoms with Gasteiger partial charge in [-0.1, -0.05) is 24.8 Å². The molecule has 2 aromatic rings. The topological polar surface area (TPSA) is 31.2 Å². The average molecular weight is 294 g/mol. The normalized spacial score (nSPS) is 10.7. The van der Waals surface area contributed by atoms with Gasteiger partial charge in [-0.2, -0.15) is 10.2 Å². The minimum absolute atomic E-state index is 0.654. The fraction of sp³-hybridized carbons (Fsp3) is 0.222. The van der Waals surface area contributed by atoms with Crippen molar-refractivity contribution in [1.82, 2.24) is 0 Å². The number of para-hydroxylation sites is 1. The largest absolute Gasteiger partial charge is 0.378 e. The highest BCUT2D eigenvalue weighted by Gasteiger charge is 2.06. The van der Waals surface area contributed by atoms with Crippen LogP contribution in [0.5, 0.6) is 0 Å². The van der Waals surface area contributed by atoms with E-state index in [-0.39, 0.29) is 0 Å². The van der Waals surface area contributed by atoms with Crippen molar-refractivity contribution < 1.29 is 0 Å². The maximum absolute atomic E-state index is 4.27. The second-order valence-electron chi connectivity index (χ2n) is 5.47. The lowest BCUT2D eigenvalue weighted by atomic mass is 10.1. The molecule has 0 spiro atoms. The van der Waals surface area contributed by atoms with Crippen LogP contribution in [-0.2, 0) is 0 Å². The number of rotatable bonds is 5. The Morgan fingerprint density at radius 1 is 0.864 bits per heavy atom. The van der Waals surface area contributed by atoms with Crippen LogP contribution >= 0.6 is 0 Å². The van der Waals surface area contributed by atoms with Crippen LogP contribution in [0.15, 0.2) is 65.3 Å². The molecule has 0 heterocycles. The van der Waals surface area contributed by atoms with E-state index in [0.29, 0.717) is 5.70 Å². The van der Waals surface area contributed by atoms with Gasteiger partial charge in [0.25, 0.3) is 0 Å². The first-order valence-electron chi connectivity index (χ1n) is 7.14. The van der Waals surface area contributed by atoms with Crippen molar-refractivity contribution in [2.75, 3.05) is 38.0 Å². The molecule has 0 amide bonds. The Bertz CT molecular complexity index is 670. The van der Waals surface area contributed by atoms with Gasteiger partial charge in [-0.25, -0.2) is 0 Å². The molecule has 0 saturated heterocycles. The van der Waals surface area contributed by atoms with Crippen LogP contribution in [0, 0.1) is 0 Å². The molecule has 0 saturated carbocycles. The Labute approximate surface area is 132 Å². The smallest absolute Gasteiger partial charge is 0.0878 e. The number of benzene rings is 2. The van der Waals surface area contributed by atoms with Gasteiger partial charge in [0, 0.05) is 45.1 Å². The summed E-state index contributed by atoms with van der Waals surface area (Å²) in [6.07, 6.45) is 0. The third-order valence-corrected chi connectivity index (χ3v) is 3.35. The number of azo groups is 1. The van der Waals surface area contributed by atoms with Gasteiger partial charge in [0.05, 0.1) is 11.4 Å². The molecule has 0 atom stereocenters. The second-order valence-corrected chi connectivity index (χ2v) is 5.47. The van der Waals surface area contributed by atoms with Gasteiger partial charge in [-0.15, -0.1) is 0 Å². The Kier molecular flexibility index (Phi) is 4.94. The second kappa shape index (κ2) is 6.89. The molecule has 0 N–H and O–H groups in total. The number of anilines is 2. The lowest BCUT2D eigenvalue weighted by Gasteiger charge is -2.16. The molecule has 4 heteroatoms. The summed E-state index contributed by atoms with van der Waals surface area (Å²) in [6, 6.07) is 16.0. The predicted molar refractivity (Wildman–Crippen MR) is 95.1 cm³/mol. The zero-order valence-electron chi connectivity index (χ0n) is 13.6.